The van der Waals surface area contributed by atoms with E-state index in [1.54, 1.807) is 18.2 Å². The van der Waals surface area contributed by atoms with E-state index in [2.05, 4.69) is 11.4 Å². The Balaban J connectivity index is 1.84. The Morgan fingerprint density at radius 1 is 1.10 bits per heavy atom. The van der Waals surface area contributed by atoms with Gasteiger partial charge in [-0.05, 0) is 60.7 Å². The quantitative estimate of drug-likeness (QED) is 0.828. The number of carbonyl (C=O) groups is 1. The molecule has 102 valence electrons. The van der Waals surface area contributed by atoms with Crippen molar-refractivity contribution in [3.8, 4) is 0 Å². The van der Waals surface area contributed by atoms with Crippen molar-refractivity contribution in [1.82, 2.24) is 0 Å². The number of carbonyl (C=O) groups excluding carboxylic acids is 1. The van der Waals surface area contributed by atoms with Crippen molar-refractivity contribution < 1.29 is 4.79 Å². The summed E-state index contributed by atoms with van der Waals surface area (Å²) in [6, 6.07) is 11.0. The fourth-order valence-electron chi connectivity index (χ4n) is 2.57. The SMILES string of the molecule is Nc1ccc(Cl)cc1C(=O)Nc1ccc2c(c1)CCC2. The standard InChI is InChI=1S/C16H15ClN2O/c17-12-5-7-15(18)14(9-12)16(20)19-13-6-4-10-2-1-3-11(10)8-13/h4-9H,1-3,18H2,(H,19,20). The first-order valence-electron chi connectivity index (χ1n) is 6.61. The van der Waals surface area contributed by atoms with Crippen LogP contribution in [0.4, 0.5) is 11.4 Å². The van der Waals surface area contributed by atoms with Crippen LogP contribution in [0, 0.1) is 0 Å². The minimum absolute atomic E-state index is 0.233. The molecule has 0 radical (unpaired) electrons. The highest BCUT2D eigenvalue weighted by Gasteiger charge is 2.14. The van der Waals surface area contributed by atoms with Gasteiger partial charge in [0, 0.05) is 16.4 Å². The van der Waals surface area contributed by atoms with Crippen molar-refractivity contribution in [3.05, 3.63) is 58.1 Å². The highest BCUT2D eigenvalue weighted by atomic mass is 35.5. The van der Waals surface area contributed by atoms with Crippen molar-refractivity contribution >= 4 is 28.9 Å². The zero-order valence-corrected chi connectivity index (χ0v) is 11.7. The van der Waals surface area contributed by atoms with Gasteiger partial charge in [-0.25, -0.2) is 0 Å². The molecule has 20 heavy (non-hydrogen) atoms. The van der Waals surface area contributed by atoms with Crippen LogP contribution in [0.15, 0.2) is 36.4 Å². The molecular formula is C16H15ClN2O. The van der Waals surface area contributed by atoms with E-state index in [1.165, 1.54) is 17.5 Å². The lowest BCUT2D eigenvalue weighted by Crippen LogP contribution is -2.14. The first-order valence-corrected chi connectivity index (χ1v) is 6.99. The summed E-state index contributed by atoms with van der Waals surface area (Å²) in [5.41, 5.74) is 10.1. The van der Waals surface area contributed by atoms with E-state index in [-0.39, 0.29) is 5.91 Å². The summed E-state index contributed by atoms with van der Waals surface area (Å²) in [6.07, 6.45) is 3.40. The smallest absolute Gasteiger partial charge is 0.257 e. The van der Waals surface area contributed by atoms with Crippen LogP contribution in [0.2, 0.25) is 5.02 Å². The van der Waals surface area contributed by atoms with Crippen LogP contribution in [0.25, 0.3) is 0 Å². The van der Waals surface area contributed by atoms with Crippen LogP contribution in [0.5, 0.6) is 0 Å². The number of anilines is 2. The van der Waals surface area contributed by atoms with E-state index in [0.29, 0.717) is 16.3 Å². The van der Waals surface area contributed by atoms with Crippen molar-refractivity contribution in [3.63, 3.8) is 0 Å². The average molecular weight is 287 g/mol. The number of hydrogen-bond donors (Lipinski definition) is 2. The van der Waals surface area contributed by atoms with Crippen LogP contribution in [0.3, 0.4) is 0 Å². The Kier molecular flexibility index (Phi) is 3.36. The van der Waals surface area contributed by atoms with Gasteiger partial charge in [0.05, 0.1) is 5.56 Å². The molecule has 0 aromatic heterocycles. The lowest BCUT2D eigenvalue weighted by atomic mass is 10.1. The summed E-state index contributed by atoms with van der Waals surface area (Å²) in [7, 11) is 0. The summed E-state index contributed by atoms with van der Waals surface area (Å²) in [5, 5.41) is 3.38. The molecule has 3 rings (SSSR count). The van der Waals surface area contributed by atoms with E-state index in [1.807, 2.05) is 12.1 Å². The van der Waals surface area contributed by atoms with Gasteiger partial charge in [0.25, 0.3) is 5.91 Å². The maximum Gasteiger partial charge on any atom is 0.257 e. The highest BCUT2D eigenvalue weighted by molar-refractivity contribution is 6.31. The molecule has 1 amide bonds. The molecule has 0 spiro atoms. The molecule has 0 aliphatic heterocycles. The topological polar surface area (TPSA) is 55.1 Å². The molecule has 1 aliphatic carbocycles. The third-order valence-electron chi connectivity index (χ3n) is 3.62. The van der Waals surface area contributed by atoms with Crippen LogP contribution in [-0.4, -0.2) is 5.91 Å². The van der Waals surface area contributed by atoms with Gasteiger partial charge in [0.15, 0.2) is 0 Å². The van der Waals surface area contributed by atoms with Crippen molar-refractivity contribution in [2.24, 2.45) is 0 Å². The molecule has 1 aliphatic rings. The Hall–Kier alpha value is -2.00. The van der Waals surface area contributed by atoms with Gasteiger partial charge in [-0.2, -0.15) is 0 Å². The maximum absolute atomic E-state index is 12.2. The molecule has 2 aromatic rings. The zero-order valence-electron chi connectivity index (χ0n) is 10.9. The van der Waals surface area contributed by atoms with Crippen LogP contribution >= 0.6 is 11.6 Å². The number of nitrogens with one attached hydrogen (secondary N) is 1. The number of hydrogen-bond acceptors (Lipinski definition) is 2. The predicted octanol–water partition coefficient (Wildman–Crippen LogP) is 3.66. The Morgan fingerprint density at radius 2 is 1.90 bits per heavy atom. The molecule has 0 unspecified atom stereocenters. The minimum Gasteiger partial charge on any atom is -0.398 e. The summed E-state index contributed by atoms with van der Waals surface area (Å²) >= 11 is 5.91. The van der Waals surface area contributed by atoms with E-state index >= 15 is 0 Å². The highest BCUT2D eigenvalue weighted by Crippen LogP contribution is 2.26. The molecule has 3 N–H and O–H groups in total. The molecule has 3 nitrogen and oxygen atoms in total. The number of amides is 1. The fourth-order valence-corrected chi connectivity index (χ4v) is 2.75. The molecule has 0 bridgehead atoms. The third kappa shape index (κ3) is 2.49. The van der Waals surface area contributed by atoms with Crippen LogP contribution < -0.4 is 11.1 Å². The monoisotopic (exact) mass is 286 g/mol. The molecule has 0 saturated carbocycles. The van der Waals surface area contributed by atoms with Crippen LogP contribution in [0.1, 0.15) is 27.9 Å². The van der Waals surface area contributed by atoms with E-state index in [9.17, 15) is 4.79 Å². The van der Waals surface area contributed by atoms with Gasteiger partial charge in [0.1, 0.15) is 0 Å². The normalized spacial score (nSPS) is 13.1. The minimum atomic E-state index is -0.233. The van der Waals surface area contributed by atoms with Gasteiger partial charge in [-0.15, -0.1) is 0 Å². The predicted molar refractivity (Wildman–Crippen MR) is 82.3 cm³/mol. The summed E-state index contributed by atoms with van der Waals surface area (Å²) < 4.78 is 0. The average Bonchev–Trinajstić information content (AvgIpc) is 2.89. The van der Waals surface area contributed by atoms with E-state index in [4.69, 9.17) is 17.3 Å². The number of nitrogens with two attached hydrogens (primary N) is 1. The second-order valence-electron chi connectivity index (χ2n) is 5.02. The third-order valence-corrected chi connectivity index (χ3v) is 3.85. The zero-order chi connectivity index (χ0) is 14.1. The molecule has 2 aromatic carbocycles. The van der Waals surface area contributed by atoms with Gasteiger partial charge in [-0.1, -0.05) is 17.7 Å². The number of aryl methyl sites for hydroxylation is 2. The lowest BCUT2D eigenvalue weighted by Gasteiger charge is -2.09. The second kappa shape index (κ2) is 5.17. The molecule has 0 fully saturated rings. The lowest BCUT2D eigenvalue weighted by molar-refractivity contribution is 0.102. The largest absolute Gasteiger partial charge is 0.398 e. The number of fused-ring (bicyclic) bond motifs is 1. The van der Waals surface area contributed by atoms with Gasteiger partial charge in [0.2, 0.25) is 0 Å². The Bertz CT molecular complexity index is 682. The first kappa shape index (κ1) is 13.0. The molecule has 0 atom stereocenters. The Labute approximate surface area is 122 Å². The van der Waals surface area contributed by atoms with E-state index < -0.39 is 0 Å². The second-order valence-corrected chi connectivity index (χ2v) is 5.46. The van der Waals surface area contributed by atoms with Crippen molar-refractivity contribution in [2.75, 3.05) is 11.1 Å². The molecular weight excluding hydrogens is 272 g/mol. The summed E-state index contributed by atoms with van der Waals surface area (Å²) in [5.74, 6) is -0.233. The van der Waals surface area contributed by atoms with Gasteiger partial charge in [-0.3, -0.25) is 4.79 Å². The van der Waals surface area contributed by atoms with Gasteiger partial charge >= 0.3 is 0 Å². The summed E-state index contributed by atoms with van der Waals surface area (Å²) in [6.45, 7) is 0. The molecule has 4 heteroatoms. The number of nitrogen functional groups attached to an aromatic ring is 1. The van der Waals surface area contributed by atoms with Crippen molar-refractivity contribution in [2.45, 2.75) is 19.3 Å². The van der Waals surface area contributed by atoms with Gasteiger partial charge < -0.3 is 11.1 Å². The maximum atomic E-state index is 12.2. The summed E-state index contributed by atoms with van der Waals surface area (Å²) in [4.78, 5) is 12.2. The number of rotatable bonds is 2. The number of benzene rings is 2. The number of halogens is 1. The molecule has 0 saturated heterocycles. The van der Waals surface area contributed by atoms with E-state index in [0.717, 1.165) is 18.5 Å². The Morgan fingerprint density at radius 3 is 2.75 bits per heavy atom. The van der Waals surface area contributed by atoms with Crippen molar-refractivity contribution in [1.29, 1.82) is 0 Å². The molecule has 0 heterocycles. The fraction of sp³-hybridized carbons (Fsp3) is 0.188. The first-order chi connectivity index (χ1) is 9.63. The van der Waals surface area contributed by atoms with Crippen LogP contribution in [-0.2, 0) is 12.8 Å².